The molecule has 6 heteroatoms. The minimum atomic E-state index is -0.0634. The van der Waals surface area contributed by atoms with E-state index in [-0.39, 0.29) is 6.04 Å². The van der Waals surface area contributed by atoms with E-state index in [1.54, 1.807) is 20.4 Å². The molecule has 20 heavy (non-hydrogen) atoms. The van der Waals surface area contributed by atoms with Crippen molar-refractivity contribution in [2.75, 3.05) is 26.1 Å². The Labute approximate surface area is 118 Å². The zero-order valence-electron chi connectivity index (χ0n) is 11.6. The second-order valence-corrected chi connectivity index (χ2v) is 4.23. The smallest absolute Gasteiger partial charge is 0.130 e. The van der Waals surface area contributed by atoms with Crippen LogP contribution in [0.5, 0.6) is 0 Å². The van der Waals surface area contributed by atoms with Crippen molar-refractivity contribution in [2.45, 2.75) is 12.6 Å². The molecule has 0 aliphatic carbocycles. The van der Waals surface area contributed by atoms with Crippen molar-refractivity contribution in [1.82, 2.24) is 15.0 Å². The molecule has 2 aromatic rings. The van der Waals surface area contributed by atoms with Crippen molar-refractivity contribution in [3.8, 4) is 0 Å². The number of nitrogens with one attached hydrogen (secondary N) is 1. The van der Waals surface area contributed by atoms with E-state index in [0.717, 1.165) is 17.2 Å². The zero-order valence-corrected chi connectivity index (χ0v) is 11.6. The molecule has 6 nitrogen and oxygen atoms in total. The van der Waals surface area contributed by atoms with Crippen molar-refractivity contribution < 1.29 is 9.47 Å². The first-order valence-corrected chi connectivity index (χ1v) is 6.29. The van der Waals surface area contributed by atoms with Gasteiger partial charge >= 0.3 is 0 Å². The van der Waals surface area contributed by atoms with E-state index in [0.29, 0.717) is 13.2 Å². The van der Waals surface area contributed by atoms with Crippen LogP contribution in [0.1, 0.15) is 17.4 Å². The first-order chi connectivity index (χ1) is 9.83. The van der Waals surface area contributed by atoms with Gasteiger partial charge in [0, 0.05) is 26.5 Å². The highest BCUT2D eigenvalue weighted by atomic mass is 16.5. The summed E-state index contributed by atoms with van der Waals surface area (Å²) in [5, 5.41) is 3.30. The number of hydrogen-bond donors (Lipinski definition) is 1. The van der Waals surface area contributed by atoms with Crippen LogP contribution in [0.3, 0.4) is 0 Å². The van der Waals surface area contributed by atoms with Crippen molar-refractivity contribution >= 4 is 5.82 Å². The number of pyridine rings is 1. The maximum absolute atomic E-state index is 5.24. The summed E-state index contributed by atoms with van der Waals surface area (Å²) < 4.78 is 10.3. The maximum Gasteiger partial charge on any atom is 0.130 e. The van der Waals surface area contributed by atoms with E-state index in [1.165, 1.54) is 6.33 Å². The van der Waals surface area contributed by atoms with Crippen LogP contribution in [0.2, 0.25) is 0 Å². The highest BCUT2D eigenvalue weighted by Crippen LogP contribution is 2.17. The van der Waals surface area contributed by atoms with Crippen molar-refractivity contribution in [3.63, 3.8) is 0 Å². The molecule has 0 aromatic carbocycles. The number of nitrogens with zero attached hydrogens (tertiary/aromatic N) is 3. The van der Waals surface area contributed by atoms with Crippen molar-refractivity contribution in [3.05, 3.63) is 48.2 Å². The third kappa shape index (κ3) is 3.97. The lowest BCUT2D eigenvalue weighted by atomic mass is 10.2. The average molecular weight is 274 g/mol. The fourth-order valence-corrected chi connectivity index (χ4v) is 1.83. The first-order valence-electron chi connectivity index (χ1n) is 6.29. The van der Waals surface area contributed by atoms with Crippen molar-refractivity contribution in [1.29, 1.82) is 0 Å². The van der Waals surface area contributed by atoms with Gasteiger partial charge in [-0.3, -0.25) is 4.98 Å². The van der Waals surface area contributed by atoms with Gasteiger partial charge in [0.2, 0.25) is 0 Å². The van der Waals surface area contributed by atoms with Crippen LogP contribution in [-0.2, 0) is 16.1 Å². The Morgan fingerprint density at radius 3 is 2.75 bits per heavy atom. The van der Waals surface area contributed by atoms with E-state index < -0.39 is 0 Å². The Balaban J connectivity index is 2.14. The number of aromatic nitrogens is 3. The van der Waals surface area contributed by atoms with Crippen LogP contribution >= 0.6 is 0 Å². The Morgan fingerprint density at radius 2 is 2.05 bits per heavy atom. The molecule has 1 N–H and O–H groups in total. The predicted molar refractivity (Wildman–Crippen MR) is 75.2 cm³/mol. The predicted octanol–water partition coefficient (Wildman–Crippen LogP) is 1.82. The van der Waals surface area contributed by atoms with Crippen LogP contribution < -0.4 is 5.32 Å². The topological polar surface area (TPSA) is 69.2 Å². The minimum Gasteiger partial charge on any atom is -0.382 e. The lowest BCUT2D eigenvalue weighted by Gasteiger charge is -2.18. The third-order valence-electron chi connectivity index (χ3n) is 2.72. The van der Waals surface area contributed by atoms with Crippen LogP contribution in [0.4, 0.5) is 5.82 Å². The quantitative estimate of drug-likeness (QED) is 0.830. The van der Waals surface area contributed by atoms with E-state index in [4.69, 9.17) is 9.47 Å². The van der Waals surface area contributed by atoms with Gasteiger partial charge in [-0.15, -0.1) is 0 Å². The SMILES string of the molecule is COCc1cc(NC(COC)c2ccccn2)ncn1. The summed E-state index contributed by atoms with van der Waals surface area (Å²) in [6, 6.07) is 7.58. The fourth-order valence-electron chi connectivity index (χ4n) is 1.83. The molecule has 2 aromatic heterocycles. The molecular formula is C14H18N4O2. The molecule has 1 unspecified atom stereocenters. The highest BCUT2D eigenvalue weighted by molar-refractivity contribution is 5.37. The number of ether oxygens (including phenoxy) is 2. The van der Waals surface area contributed by atoms with Gasteiger partial charge in [0.1, 0.15) is 12.1 Å². The zero-order chi connectivity index (χ0) is 14.2. The van der Waals surface area contributed by atoms with E-state index >= 15 is 0 Å². The molecule has 0 fully saturated rings. The molecule has 0 bridgehead atoms. The Hall–Kier alpha value is -2.05. The van der Waals surface area contributed by atoms with Gasteiger partial charge in [0.25, 0.3) is 0 Å². The molecule has 2 heterocycles. The lowest BCUT2D eigenvalue weighted by molar-refractivity contribution is 0.181. The van der Waals surface area contributed by atoms with Gasteiger partial charge in [-0.25, -0.2) is 9.97 Å². The second-order valence-electron chi connectivity index (χ2n) is 4.23. The van der Waals surface area contributed by atoms with E-state index in [9.17, 15) is 0 Å². The molecule has 0 saturated heterocycles. The maximum atomic E-state index is 5.24. The second kappa shape index (κ2) is 7.52. The van der Waals surface area contributed by atoms with Gasteiger partial charge in [0.05, 0.1) is 30.6 Å². The summed E-state index contributed by atoms with van der Waals surface area (Å²) in [6.07, 6.45) is 3.27. The summed E-state index contributed by atoms with van der Waals surface area (Å²) in [6.45, 7) is 0.955. The summed E-state index contributed by atoms with van der Waals surface area (Å²) in [7, 11) is 3.30. The van der Waals surface area contributed by atoms with Gasteiger partial charge in [-0.05, 0) is 12.1 Å². The molecule has 0 aliphatic heterocycles. The van der Waals surface area contributed by atoms with Crippen LogP contribution in [-0.4, -0.2) is 35.8 Å². The largest absolute Gasteiger partial charge is 0.382 e. The van der Waals surface area contributed by atoms with E-state index in [2.05, 4.69) is 20.3 Å². The first kappa shape index (κ1) is 14.4. The molecule has 0 radical (unpaired) electrons. The van der Waals surface area contributed by atoms with Crippen LogP contribution in [0, 0.1) is 0 Å². The Kier molecular flexibility index (Phi) is 5.40. The van der Waals surface area contributed by atoms with Crippen LogP contribution in [0.15, 0.2) is 36.8 Å². The Bertz CT molecular complexity index is 522. The normalized spacial score (nSPS) is 12.1. The third-order valence-corrected chi connectivity index (χ3v) is 2.72. The fraction of sp³-hybridized carbons (Fsp3) is 0.357. The van der Waals surface area contributed by atoms with Crippen LogP contribution in [0.25, 0.3) is 0 Å². The molecule has 0 saturated carbocycles. The monoisotopic (exact) mass is 274 g/mol. The highest BCUT2D eigenvalue weighted by Gasteiger charge is 2.13. The lowest BCUT2D eigenvalue weighted by Crippen LogP contribution is -2.18. The summed E-state index contributed by atoms with van der Waals surface area (Å²) >= 11 is 0. The molecule has 0 amide bonds. The van der Waals surface area contributed by atoms with Gasteiger partial charge in [-0.1, -0.05) is 6.07 Å². The molecule has 106 valence electrons. The van der Waals surface area contributed by atoms with Gasteiger partial charge in [-0.2, -0.15) is 0 Å². The summed E-state index contributed by atoms with van der Waals surface area (Å²) in [5.74, 6) is 0.722. The number of methoxy groups -OCH3 is 2. The van der Waals surface area contributed by atoms with Gasteiger partial charge in [0.15, 0.2) is 0 Å². The minimum absolute atomic E-state index is 0.0634. The standard InChI is InChI=1S/C14H18N4O2/c1-19-8-11-7-14(17-10-16-11)18-13(9-20-2)12-5-3-4-6-15-12/h3-7,10,13H,8-9H2,1-2H3,(H,16,17,18). The molecule has 0 spiro atoms. The molecule has 0 aliphatic rings. The number of hydrogen-bond acceptors (Lipinski definition) is 6. The number of anilines is 1. The molecular weight excluding hydrogens is 256 g/mol. The number of rotatable bonds is 7. The average Bonchev–Trinajstić information content (AvgIpc) is 2.48. The molecule has 2 rings (SSSR count). The van der Waals surface area contributed by atoms with E-state index in [1.807, 2.05) is 24.3 Å². The van der Waals surface area contributed by atoms with Crippen molar-refractivity contribution in [2.24, 2.45) is 0 Å². The molecule has 1 atom stereocenters. The summed E-state index contributed by atoms with van der Waals surface area (Å²) in [4.78, 5) is 12.7. The summed E-state index contributed by atoms with van der Waals surface area (Å²) in [5.41, 5.74) is 1.73. The Morgan fingerprint density at radius 1 is 1.15 bits per heavy atom. The van der Waals surface area contributed by atoms with Gasteiger partial charge < -0.3 is 14.8 Å².